The van der Waals surface area contributed by atoms with Crippen LogP contribution in [0.15, 0.2) is 42.5 Å². The molecule has 2 aromatic rings. The summed E-state index contributed by atoms with van der Waals surface area (Å²) in [6.07, 6.45) is 0. The monoisotopic (exact) mass is 270 g/mol. The summed E-state index contributed by atoms with van der Waals surface area (Å²) in [5.41, 5.74) is 8.67. The fourth-order valence-corrected chi connectivity index (χ4v) is 1.91. The number of benzene rings is 2. The normalized spacial score (nSPS) is 10.1. The zero-order valence-electron chi connectivity index (χ0n) is 11.6. The van der Waals surface area contributed by atoms with Gasteiger partial charge in [0.05, 0.1) is 12.3 Å². The van der Waals surface area contributed by atoms with E-state index in [2.05, 4.69) is 5.32 Å². The van der Waals surface area contributed by atoms with Crippen molar-refractivity contribution in [1.82, 2.24) is 0 Å². The molecule has 0 bridgehead atoms. The molecule has 0 saturated heterocycles. The summed E-state index contributed by atoms with van der Waals surface area (Å²) < 4.78 is 5.44. The Kier molecular flexibility index (Phi) is 4.25. The summed E-state index contributed by atoms with van der Waals surface area (Å²) in [5.74, 6) is 0.433. The second-order valence-corrected chi connectivity index (χ2v) is 4.46. The van der Waals surface area contributed by atoms with E-state index in [0.29, 0.717) is 29.3 Å². The molecule has 20 heavy (non-hydrogen) atoms. The summed E-state index contributed by atoms with van der Waals surface area (Å²) in [6.45, 7) is 4.31. The second kappa shape index (κ2) is 6.10. The van der Waals surface area contributed by atoms with Gasteiger partial charge in [0.25, 0.3) is 5.91 Å². The van der Waals surface area contributed by atoms with E-state index in [1.165, 1.54) is 0 Å². The Morgan fingerprint density at radius 3 is 2.60 bits per heavy atom. The van der Waals surface area contributed by atoms with E-state index >= 15 is 0 Å². The molecule has 0 fully saturated rings. The standard InChI is InChI=1S/C16H18N2O2/c1-3-20-15-10-14(11(2)9-13(15)17)18-16(19)12-7-5-4-6-8-12/h4-10H,3,17H2,1-2H3,(H,18,19). The average molecular weight is 270 g/mol. The Bertz CT molecular complexity index is 609. The molecule has 0 saturated carbocycles. The Morgan fingerprint density at radius 1 is 1.25 bits per heavy atom. The summed E-state index contributed by atoms with van der Waals surface area (Å²) in [5, 5.41) is 2.88. The van der Waals surface area contributed by atoms with Crippen LogP contribution in [0.25, 0.3) is 0 Å². The first-order valence-corrected chi connectivity index (χ1v) is 6.51. The molecule has 1 amide bonds. The number of ether oxygens (including phenoxy) is 1. The topological polar surface area (TPSA) is 64.3 Å². The number of nitrogens with two attached hydrogens (primary N) is 1. The van der Waals surface area contributed by atoms with Crippen LogP contribution in [0.1, 0.15) is 22.8 Å². The molecule has 2 aromatic carbocycles. The third kappa shape index (κ3) is 3.09. The molecule has 3 N–H and O–H groups in total. The highest BCUT2D eigenvalue weighted by Crippen LogP contribution is 2.29. The molecule has 0 heterocycles. The van der Waals surface area contributed by atoms with Crippen LogP contribution >= 0.6 is 0 Å². The molecule has 0 atom stereocenters. The van der Waals surface area contributed by atoms with Crippen molar-refractivity contribution in [3.05, 3.63) is 53.6 Å². The molecule has 0 aliphatic rings. The third-order valence-corrected chi connectivity index (χ3v) is 2.94. The van der Waals surface area contributed by atoms with E-state index in [0.717, 1.165) is 5.56 Å². The molecule has 4 nitrogen and oxygen atoms in total. The molecule has 0 aliphatic carbocycles. The quantitative estimate of drug-likeness (QED) is 0.838. The van der Waals surface area contributed by atoms with Gasteiger partial charge in [0.1, 0.15) is 5.75 Å². The number of rotatable bonds is 4. The van der Waals surface area contributed by atoms with Crippen LogP contribution in [0.2, 0.25) is 0 Å². The lowest BCUT2D eigenvalue weighted by Gasteiger charge is -2.13. The maximum Gasteiger partial charge on any atom is 0.255 e. The number of hydrogen-bond acceptors (Lipinski definition) is 3. The second-order valence-electron chi connectivity index (χ2n) is 4.46. The van der Waals surface area contributed by atoms with E-state index in [9.17, 15) is 4.79 Å². The van der Waals surface area contributed by atoms with Crippen molar-refractivity contribution in [3.63, 3.8) is 0 Å². The predicted molar refractivity (Wildman–Crippen MR) is 81.2 cm³/mol. The Balaban J connectivity index is 2.25. The van der Waals surface area contributed by atoms with Gasteiger partial charge in [0.2, 0.25) is 0 Å². The predicted octanol–water partition coefficient (Wildman–Crippen LogP) is 3.23. The summed E-state index contributed by atoms with van der Waals surface area (Å²) in [7, 11) is 0. The van der Waals surface area contributed by atoms with Gasteiger partial charge >= 0.3 is 0 Å². The van der Waals surface area contributed by atoms with Crippen LogP contribution < -0.4 is 15.8 Å². The highest BCUT2D eigenvalue weighted by Gasteiger charge is 2.10. The number of hydrogen-bond donors (Lipinski definition) is 2. The first kappa shape index (κ1) is 13.9. The zero-order valence-corrected chi connectivity index (χ0v) is 11.6. The Hall–Kier alpha value is -2.49. The van der Waals surface area contributed by atoms with Gasteiger partial charge < -0.3 is 15.8 Å². The van der Waals surface area contributed by atoms with Gasteiger partial charge in [-0.05, 0) is 37.6 Å². The number of aryl methyl sites for hydroxylation is 1. The minimum atomic E-state index is -0.152. The van der Waals surface area contributed by atoms with Crippen molar-refractivity contribution >= 4 is 17.3 Å². The van der Waals surface area contributed by atoms with Gasteiger partial charge in [-0.15, -0.1) is 0 Å². The number of carbonyl (C=O) groups excluding carboxylic acids is 1. The average Bonchev–Trinajstić information content (AvgIpc) is 2.45. The molecule has 2 rings (SSSR count). The molecule has 0 aliphatic heterocycles. The van der Waals surface area contributed by atoms with Crippen molar-refractivity contribution in [1.29, 1.82) is 0 Å². The minimum absolute atomic E-state index is 0.152. The number of nitrogen functional groups attached to an aromatic ring is 1. The molecule has 104 valence electrons. The fourth-order valence-electron chi connectivity index (χ4n) is 1.91. The van der Waals surface area contributed by atoms with Crippen LogP contribution in [0.4, 0.5) is 11.4 Å². The maximum absolute atomic E-state index is 12.1. The van der Waals surface area contributed by atoms with Gasteiger partial charge in [-0.2, -0.15) is 0 Å². The number of amides is 1. The lowest BCUT2D eigenvalue weighted by molar-refractivity contribution is 0.102. The summed E-state index contributed by atoms with van der Waals surface area (Å²) >= 11 is 0. The first-order valence-electron chi connectivity index (χ1n) is 6.51. The summed E-state index contributed by atoms with van der Waals surface area (Å²) in [4.78, 5) is 12.1. The van der Waals surface area contributed by atoms with Crippen LogP contribution in [0, 0.1) is 6.92 Å². The molecule has 0 radical (unpaired) electrons. The molecule has 0 unspecified atom stereocenters. The Morgan fingerprint density at radius 2 is 1.95 bits per heavy atom. The van der Waals surface area contributed by atoms with Crippen LogP contribution in [0.5, 0.6) is 5.75 Å². The van der Waals surface area contributed by atoms with Gasteiger partial charge in [0, 0.05) is 17.3 Å². The largest absolute Gasteiger partial charge is 0.492 e. The van der Waals surface area contributed by atoms with Crippen LogP contribution in [-0.2, 0) is 0 Å². The molecular weight excluding hydrogens is 252 g/mol. The van der Waals surface area contributed by atoms with E-state index < -0.39 is 0 Å². The van der Waals surface area contributed by atoms with Crippen LogP contribution in [-0.4, -0.2) is 12.5 Å². The molecule has 4 heteroatoms. The minimum Gasteiger partial charge on any atom is -0.492 e. The van der Waals surface area contributed by atoms with Gasteiger partial charge in [0.15, 0.2) is 0 Å². The number of carbonyl (C=O) groups is 1. The zero-order chi connectivity index (χ0) is 14.5. The van der Waals surface area contributed by atoms with Crippen molar-refractivity contribution in [2.45, 2.75) is 13.8 Å². The van der Waals surface area contributed by atoms with Crippen molar-refractivity contribution in [3.8, 4) is 5.75 Å². The van der Waals surface area contributed by atoms with E-state index in [1.807, 2.05) is 32.0 Å². The summed E-state index contributed by atoms with van der Waals surface area (Å²) in [6, 6.07) is 12.6. The number of anilines is 2. The molecule has 0 spiro atoms. The third-order valence-electron chi connectivity index (χ3n) is 2.94. The van der Waals surface area contributed by atoms with E-state index in [4.69, 9.17) is 10.5 Å². The lowest BCUT2D eigenvalue weighted by atomic mass is 10.1. The highest BCUT2D eigenvalue weighted by atomic mass is 16.5. The van der Waals surface area contributed by atoms with Gasteiger partial charge in [-0.25, -0.2) is 0 Å². The maximum atomic E-state index is 12.1. The van der Waals surface area contributed by atoms with Gasteiger partial charge in [-0.3, -0.25) is 4.79 Å². The highest BCUT2D eigenvalue weighted by molar-refractivity contribution is 6.04. The van der Waals surface area contributed by atoms with E-state index in [-0.39, 0.29) is 5.91 Å². The van der Waals surface area contributed by atoms with Crippen molar-refractivity contribution < 1.29 is 9.53 Å². The first-order chi connectivity index (χ1) is 9.61. The van der Waals surface area contributed by atoms with Crippen molar-refractivity contribution in [2.75, 3.05) is 17.7 Å². The molecule has 0 aromatic heterocycles. The van der Waals surface area contributed by atoms with Gasteiger partial charge in [-0.1, -0.05) is 18.2 Å². The van der Waals surface area contributed by atoms with E-state index in [1.54, 1.807) is 24.3 Å². The SMILES string of the molecule is CCOc1cc(NC(=O)c2ccccc2)c(C)cc1N. The van der Waals surface area contributed by atoms with Crippen LogP contribution in [0.3, 0.4) is 0 Å². The Labute approximate surface area is 118 Å². The smallest absolute Gasteiger partial charge is 0.255 e. The molecular formula is C16H18N2O2. The fraction of sp³-hybridized carbons (Fsp3) is 0.188. The number of nitrogens with one attached hydrogen (secondary N) is 1. The lowest BCUT2D eigenvalue weighted by Crippen LogP contribution is -2.13. The van der Waals surface area contributed by atoms with Crippen molar-refractivity contribution in [2.24, 2.45) is 0 Å².